The predicted molar refractivity (Wildman–Crippen MR) is 194 cm³/mol. The van der Waals surface area contributed by atoms with Gasteiger partial charge in [-0.25, -0.2) is 0 Å². The van der Waals surface area contributed by atoms with Gasteiger partial charge in [0.25, 0.3) is 11.8 Å². The average molecular weight is 685 g/mol. The molecule has 0 spiro atoms. The molecule has 0 bridgehead atoms. The van der Waals surface area contributed by atoms with E-state index in [1.165, 1.54) is 9.80 Å². The Hall–Kier alpha value is -4.10. The number of benzene rings is 4. The highest BCUT2D eigenvalue weighted by Gasteiger charge is 2.41. The van der Waals surface area contributed by atoms with Gasteiger partial charge in [-0.15, -0.1) is 0 Å². The summed E-state index contributed by atoms with van der Waals surface area (Å²) >= 11 is 13.1. The summed E-state index contributed by atoms with van der Waals surface area (Å²) in [6.07, 6.45) is 1.20. The minimum atomic E-state index is -0.362. The van der Waals surface area contributed by atoms with Gasteiger partial charge in [0.05, 0.1) is 9.81 Å². The third-order valence-corrected chi connectivity index (χ3v) is 10.6. The molecule has 4 aromatic carbocycles. The lowest BCUT2D eigenvalue weighted by molar-refractivity contribution is -0.124. The van der Waals surface area contributed by atoms with E-state index in [1.54, 1.807) is 0 Å². The van der Waals surface area contributed by atoms with Crippen LogP contribution in [0.2, 0.25) is 0 Å². The summed E-state index contributed by atoms with van der Waals surface area (Å²) in [5.41, 5.74) is 1.47. The predicted octanol–water partition coefficient (Wildman–Crippen LogP) is 7.06. The van der Waals surface area contributed by atoms with Crippen LogP contribution in [0.1, 0.15) is 25.7 Å². The first-order chi connectivity index (χ1) is 22.3. The van der Waals surface area contributed by atoms with Gasteiger partial charge in [-0.3, -0.25) is 29.0 Å². The Morgan fingerprint density at radius 1 is 0.587 bits per heavy atom. The normalized spacial score (nSPS) is 16.6. The summed E-state index contributed by atoms with van der Waals surface area (Å²) in [6, 6.07) is 27.1. The summed E-state index contributed by atoms with van der Waals surface area (Å²) in [4.78, 5) is 55.4. The zero-order chi connectivity index (χ0) is 32.2. The molecule has 2 N–H and O–H groups in total. The molecule has 2 fully saturated rings. The van der Waals surface area contributed by atoms with Crippen LogP contribution in [0.3, 0.4) is 0 Å². The van der Waals surface area contributed by atoms with E-state index in [0.717, 1.165) is 56.4 Å². The molecule has 46 heavy (non-hydrogen) atoms. The number of nitrogens with zero attached hydrogens (tertiary/aromatic N) is 2. The largest absolute Gasteiger partial charge is 0.326 e. The van der Waals surface area contributed by atoms with Crippen molar-refractivity contribution in [3.63, 3.8) is 0 Å². The molecule has 12 heteroatoms. The maximum absolute atomic E-state index is 13.3. The summed E-state index contributed by atoms with van der Waals surface area (Å²) < 4.78 is 0.676. The molecule has 0 radical (unpaired) electrons. The van der Waals surface area contributed by atoms with Gasteiger partial charge in [-0.05, 0) is 35.7 Å². The second kappa shape index (κ2) is 14.1. The van der Waals surface area contributed by atoms with Crippen molar-refractivity contribution in [2.75, 3.05) is 23.7 Å². The molecule has 2 saturated heterocycles. The zero-order valence-corrected chi connectivity index (χ0v) is 27.8. The minimum absolute atomic E-state index is 0.159. The van der Waals surface area contributed by atoms with E-state index in [-0.39, 0.29) is 59.4 Å². The standard InChI is InChI=1S/C34H28N4O4S4/c39-27(35-25-15-5-11-21-9-1-3-13-23(21)25)17-7-19-37-31(41)29(45-33(37)43)30-32(42)38(34(44)46-30)20-8-18-28(40)36-26-16-6-12-22-10-2-4-14-24(22)26/h1-6,9-16H,7-8,17-20H2,(H,35,39)(H,36,40). The van der Waals surface area contributed by atoms with Gasteiger partial charge >= 0.3 is 0 Å². The average Bonchev–Trinajstić information content (AvgIpc) is 3.49. The molecule has 2 aliphatic heterocycles. The molecule has 4 aromatic rings. The Balaban J connectivity index is 1.01. The molecule has 0 aromatic heterocycles. The van der Waals surface area contributed by atoms with E-state index in [0.29, 0.717) is 21.5 Å². The van der Waals surface area contributed by atoms with Gasteiger partial charge in [0, 0.05) is 48.1 Å². The zero-order valence-electron chi connectivity index (χ0n) is 24.5. The molecule has 8 nitrogen and oxygen atoms in total. The van der Waals surface area contributed by atoms with Crippen LogP contribution in [0.4, 0.5) is 11.4 Å². The molecule has 4 amide bonds. The van der Waals surface area contributed by atoms with E-state index >= 15 is 0 Å². The number of carbonyl (C=O) groups is 4. The Labute approximate surface area is 284 Å². The lowest BCUT2D eigenvalue weighted by Gasteiger charge is -2.15. The van der Waals surface area contributed by atoms with Crippen LogP contribution in [-0.4, -0.2) is 55.2 Å². The first-order valence-corrected chi connectivity index (χ1v) is 17.1. The fourth-order valence-electron chi connectivity index (χ4n) is 5.35. The second-order valence-electron chi connectivity index (χ2n) is 10.7. The third kappa shape index (κ3) is 6.85. The van der Waals surface area contributed by atoms with E-state index < -0.39 is 0 Å². The molecule has 0 atom stereocenters. The Morgan fingerprint density at radius 3 is 1.41 bits per heavy atom. The Morgan fingerprint density at radius 2 is 0.978 bits per heavy atom. The van der Waals surface area contributed by atoms with Crippen molar-refractivity contribution >= 4 is 113 Å². The molecule has 232 valence electrons. The van der Waals surface area contributed by atoms with Crippen LogP contribution in [0.5, 0.6) is 0 Å². The number of carbonyl (C=O) groups excluding carboxylic acids is 4. The number of rotatable bonds is 10. The molecule has 6 rings (SSSR count). The first-order valence-electron chi connectivity index (χ1n) is 14.7. The van der Waals surface area contributed by atoms with Gasteiger partial charge in [-0.2, -0.15) is 0 Å². The lowest BCUT2D eigenvalue weighted by atomic mass is 10.1. The van der Waals surface area contributed by atoms with Gasteiger partial charge in [0.1, 0.15) is 8.64 Å². The summed E-state index contributed by atoms with van der Waals surface area (Å²) in [5, 5.41) is 9.90. The highest BCUT2D eigenvalue weighted by atomic mass is 32.2. The first kappa shape index (κ1) is 31.9. The monoisotopic (exact) mass is 684 g/mol. The summed E-state index contributed by atoms with van der Waals surface area (Å²) in [6.45, 7) is 0.506. The lowest BCUT2D eigenvalue weighted by Crippen LogP contribution is -2.31. The van der Waals surface area contributed by atoms with Crippen LogP contribution in [0, 0.1) is 0 Å². The van der Waals surface area contributed by atoms with Gasteiger partial charge in [0.15, 0.2) is 0 Å². The molecular formula is C34H28N4O4S4. The van der Waals surface area contributed by atoms with Crippen LogP contribution >= 0.6 is 48.0 Å². The highest BCUT2D eigenvalue weighted by Crippen LogP contribution is 2.42. The summed E-state index contributed by atoms with van der Waals surface area (Å²) in [7, 11) is 0. The van der Waals surface area contributed by atoms with Gasteiger partial charge in [-0.1, -0.05) is 121 Å². The SMILES string of the molecule is O=C(CCCN1C(=O)C(=C2SC(=S)N(CCCC(=O)Nc3cccc4ccccc34)C2=O)SC1=S)Nc1cccc2ccccc12. The third-order valence-electron chi connectivity index (χ3n) is 7.60. The number of thioether (sulfide) groups is 2. The van der Waals surface area contributed by atoms with Crippen molar-refractivity contribution in [2.45, 2.75) is 25.7 Å². The van der Waals surface area contributed by atoms with E-state index in [4.69, 9.17) is 24.4 Å². The number of hydrogen-bond donors (Lipinski definition) is 2. The van der Waals surface area contributed by atoms with Crippen molar-refractivity contribution in [1.29, 1.82) is 0 Å². The van der Waals surface area contributed by atoms with E-state index in [9.17, 15) is 19.2 Å². The topological polar surface area (TPSA) is 98.8 Å². The second-order valence-corrected chi connectivity index (χ2v) is 14.0. The van der Waals surface area contributed by atoms with Gasteiger partial charge < -0.3 is 10.6 Å². The van der Waals surface area contributed by atoms with E-state index in [2.05, 4.69) is 10.6 Å². The fourth-order valence-corrected chi connectivity index (χ4v) is 8.12. The Bertz CT molecular complexity index is 1810. The molecule has 2 aliphatic rings. The maximum atomic E-state index is 13.3. The van der Waals surface area contributed by atoms with Crippen LogP contribution < -0.4 is 10.6 Å². The van der Waals surface area contributed by atoms with Crippen molar-refractivity contribution < 1.29 is 19.2 Å². The number of thiocarbonyl (C=S) groups is 2. The molecule has 0 saturated carbocycles. The Kier molecular flexibility index (Phi) is 9.78. The number of fused-ring (bicyclic) bond motifs is 2. The smallest absolute Gasteiger partial charge is 0.267 e. The number of amides is 4. The van der Waals surface area contributed by atoms with Crippen LogP contribution in [0.25, 0.3) is 21.5 Å². The minimum Gasteiger partial charge on any atom is -0.326 e. The van der Waals surface area contributed by atoms with Crippen molar-refractivity contribution in [3.05, 3.63) is 94.7 Å². The van der Waals surface area contributed by atoms with Crippen LogP contribution in [0.15, 0.2) is 94.7 Å². The molecule has 2 heterocycles. The van der Waals surface area contributed by atoms with Gasteiger partial charge in [0.2, 0.25) is 11.8 Å². The van der Waals surface area contributed by atoms with E-state index in [1.807, 2.05) is 84.9 Å². The fraction of sp³-hybridized carbons (Fsp3) is 0.176. The van der Waals surface area contributed by atoms with Crippen molar-refractivity contribution in [2.24, 2.45) is 0 Å². The molecule has 0 aliphatic carbocycles. The molecule has 0 unspecified atom stereocenters. The summed E-state index contributed by atoms with van der Waals surface area (Å²) in [5.74, 6) is -1.04. The van der Waals surface area contributed by atoms with Crippen molar-refractivity contribution in [3.8, 4) is 0 Å². The quantitative estimate of drug-likeness (QED) is 0.135. The molecular weight excluding hydrogens is 657 g/mol. The maximum Gasteiger partial charge on any atom is 0.267 e. The number of anilines is 2. The highest BCUT2D eigenvalue weighted by molar-refractivity contribution is 8.29. The number of nitrogens with one attached hydrogen (secondary N) is 2. The number of hydrogen-bond acceptors (Lipinski definition) is 8. The van der Waals surface area contributed by atoms with Crippen LogP contribution in [-0.2, 0) is 19.2 Å². The van der Waals surface area contributed by atoms with Crippen molar-refractivity contribution in [1.82, 2.24) is 9.80 Å².